The van der Waals surface area contributed by atoms with Gasteiger partial charge in [-0.25, -0.2) is 9.97 Å². The molecule has 0 atom stereocenters. The third-order valence-electron chi connectivity index (χ3n) is 4.98. The first kappa shape index (κ1) is 19.1. The number of rotatable bonds is 5. The van der Waals surface area contributed by atoms with Gasteiger partial charge in [0.1, 0.15) is 11.2 Å². The molecule has 2 aromatic rings. The van der Waals surface area contributed by atoms with Crippen molar-refractivity contribution in [3.05, 3.63) is 34.9 Å². The van der Waals surface area contributed by atoms with E-state index in [9.17, 15) is 4.79 Å². The van der Waals surface area contributed by atoms with E-state index >= 15 is 0 Å². The molecule has 0 aromatic carbocycles. The molecule has 2 aromatic heterocycles. The lowest BCUT2D eigenvalue weighted by molar-refractivity contribution is 0.0944. The van der Waals surface area contributed by atoms with Crippen LogP contribution in [0, 0.1) is 10.8 Å². The topological polar surface area (TPSA) is 107 Å². The van der Waals surface area contributed by atoms with Crippen LogP contribution < -0.4 is 10.6 Å². The smallest absolute Gasteiger partial charge is 0.255 e. The molecule has 0 unspecified atom stereocenters. The highest BCUT2D eigenvalue weighted by Crippen LogP contribution is 2.38. The van der Waals surface area contributed by atoms with Crippen LogP contribution in [0.3, 0.4) is 0 Å². The number of H-pyrrole nitrogens is 1. The van der Waals surface area contributed by atoms with E-state index < -0.39 is 0 Å². The van der Waals surface area contributed by atoms with Gasteiger partial charge in [-0.1, -0.05) is 13.8 Å². The molecule has 0 fully saturated rings. The quantitative estimate of drug-likeness (QED) is 0.608. The molecule has 0 radical (unpaired) electrons. The van der Waals surface area contributed by atoms with Crippen molar-refractivity contribution in [2.24, 2.45) is 5.41 Å². The number of aromatic nitrogens is 3. The van der Waals surface area contributed by atoms with Crippen LogP contribution in [0.15, 0.2) is 23.7 Å². The molecule has 0 spiro atoms. The first-order valence-corrected chi connectivity index (χ1v) is 9.36. The lowest BCUT2D eigenvalue weighted by Crippen LogP contribution is -2.30. The van der Waals surface area contributed by atoms with Gasteiger partial charge in [0.15, 0.2) is 5.65 Å². The molecule has 2 heterocycles. The molecule has 0 bridgehead atoms. The van der Waals surface area contributed by atoms with E-state index in [-0.39, 0.29) is 17.4 Å². The highest BCUT2D eigenvalue weighted by molar-refractivity contribution is 6.11. The van der Waals surface area contributed by atoms with Gasteiger partial charge in [0.05, 0.1) is 17.5 Å². The second-order valence-electron chi connectivity index (χ2n) is 8.21. The van der Waals surface area contributed by atoms with Crippen LogP contribution in [0.4, 0.5) is 0 Å². The summed E-state index contributed by atoms with van der Waals surface area (Å²) in [7, 11) is 1.90. The van der Waals surface area contributed by atoms with Gasteiger partial charge >= 0.3 is 0 Å². The zero-order valence-corrected chi connectivity index (χ0v) is 16.7. The van der Waals surface area contributed by atoms with Crippen molar-refractivity contribution < 1.29 is 4.79 Å². The van der Waals surface area contributed by atoms with Crippen LogP contribution >= 0.6 is 0 Å². The molecule has 3 rings (SSSR count). The predicted molar refractivity (Wildman–Crippen MR) is 107 cm³/mol. The highest BCUT2D eigenvalue weighted by Gasteiger charge is 2.29. The van der Waals surface area contributed by atoms with Gasteiger partial charge in [-0.05, 0) is 44.1 Å². The minimum Gasteiger partial charge on any atom is -0.391 e. The van der Waals surface area contributed by atoms with E-state index in [1.54, 1.807) is 12.4 Å². The summed E-state index contributed by atoms with van der Waals surface area (Å²) in [6, 6.07) is 0.0332. The molecule has 4 N–H and O–H groups in total. The van der Waals surface area contributed by atoms with Crippen molar-refractivity contribution in [3.63, 3.8) is 0 Å². The van der Waals surface area contributed by atoms with E-state index in [4.69, 9.17) is 5.41 Å². The Balaban J connectivity index is 1.98. The Bertz CT molecular complexity index is 922. The molecule has 0 saturated heterocycles. The number of amides is 1. The molecule has 0 saturated carbocycles. The third-order valence-corrected chi connectivity index (χ3v) is 4.98. The summed E-state index contributed by atoms with van der Waals surface area (Å²) in [5, 5.41) is 14.8. The molecule has 1 aliphatic rings. The number of hydrogen-bond donors (Lipinski definition) is 4. The van der Waals surface area contributed by atoms with E-state index in [1.807, 2.05) is 20.9 Å². The zero-order chi connectivity index (χ0) is 19.8. The fourth-order valence-corrected chi connectivity index (χ4v) is 3.48. The fraction of sp³-hybridized carbons (Fsp3) is 0.500. The molecule has 1 aliphatic carbocycles. The number of allylic oxidation sites excluding steroid dienone is 2. The number of aromatic amines is 1. The molecular weight excluding hydrogens is 340 g/mol. The Morgan fingerprint density at radius 2 is 2.11 bits per heavy atom. The minimum absolute atomic E-state index is 0.0332. The highest BCUT2D eigenvalue weighted by atomic mass is 16.1. The van der Waals surface area contributed by atoms with Gasteiger partial charge in [-0.3, -0.25) is 10.2 Å². The molecule has 7 nitrogen and oxygen atoms in total. The molecule has 1 amide bonds. The summed E-state index contributed by atoms with van der Waals surface area (Å²) >= 11 is 0. The third kappa shape index (κ3) is 3.86. The predicted octanol–water partition coefficient (Wildman–Crippen LogP) is 3.15. The van der Waals surface area contributed by atoms with Crippen LogP contribution in [0.1, 0.15) is 63.0 Å². The largest absolute Gasteiger partial charge is 0.391 e. The van der Waals surface area contributed by atoms with Gasteiger partial charge in [-0.2, -0.15) is 0 Å². The monoisotopic (exact) mass is 368 g/mol. The van der Waals surface area contributed by atoms with Crippen LogP contribution in [0.2, 0.25) is 0 Å². The molecule has 7 heteroatoms. The molecular formula is C20H28N6O. The Morgan fingerprint density at radius 3 is 2.78 bits per heavy atom. The maximum absolute atomic E-state index is 12.4. The Hall–Kier alpha value is -2.70. The summed E-state index contributed by atoms with van der Waals surface area (Å²) in [4.78, 5) is 24.4. The van der Waals surface area contributed by atoms with Crippen LogP contribution in [-0.4, -0.2) is 39.7 Å². The number of carbonyl (C=O) groups is 1. The second kappa shape index (κ2) is 7.13. The molecule has 0 aliphatic heterocycles. The van der Waals surface area contributed by atoms with Crippen molar-refractivity contribution >= 4 is 22.8 Å². The van der Waals surface area contributed by atoms with E-state index in [2.05, 4.69) is 39.4 Å². The summed E-state index contributed by atoms with van der Waals surface area (Å²) in [6.07, 6.45) is 5.99. The summed E-state index contributed by atoms with van der Waals surface area (Å²) < 4.78 is 0. The maximum atomic E-state index is 12.4. The van der Waals surface area contributed by atoms with Gasteiger partial charge in [0.2, 0.25) is 0 Å². The van der Waals surface area contributed by atoms with Crippen LogP contribution in [0.5, 0.6) is 0 Å². The van der Waals surface area contributed by atoms with Gasteiger partial charge in [-0.15, -0.1) is 0 Å². The maximum Gasteiger partial charge on any atom is 0.255 e. The first-order chi connectivity index (χ1) is 12.7. The summed E-state index contributed by atoms with van der Waals surface area (Å²) in [6.45, 7) is 8.32. The van der Waals surface area contributed by atoms with Gasteiger partial charge in [0.25, 0.3) is 5.91 Å². The van der Waals surface area contributed by atoms with Crippen molar-refractivity contribution in [2.75, 3.05) is 7.05 Å². The number of fused-ring (bicyclic) bond motifs is 1. The van der Waals surface area contributed by atoms with E-state index in [1.165, 1.54) is 0 Å². The minimum atomic E-state index is -0.191. The summed E-state index contributed by atoms with van der Waals surface area (Å²) in [5.41, 5.74) is 4.66. The van der Waals surface area contributed by atoms with E-state index in [0.29, 0.717) is 28.1 Å². The Labute approximate surface area is 159 Å². The van der Waals surface area contributed by atoms with Crippen molar-refractivity contribution in [3.8, 4) is 0 Å². The summed E-state index contributed by atoms with van der Waals surface area (Å²) in [5.74, 6) is -0.191. The van der Waals surface area contributed by atoms with Gasteiger partial charge < -0.3 is 15.6 Å². The van der Waals surface area contributed by atoms with Crippen molar-refractivity contribution in [2.45, 2.75) is 53.0 Å². The lowest BCUT2D eigenvalue weighted by Gasteiger charge is -2.33. The van der Waals surface area contributed by atoms with E-state index in [0.717, 1.165) is 30.5 Å². The van der Waals surface area contributed by atoms with Crippen LogP contribution in [-0.2, 0) is 0 Å². The van der Waals surface area contributed by atoms with Gasteiger partial charge in [0, 0.05) is 25.0 Å². The first-order valence-electron chi connectivity index (χ1n) is 9.36. The number of nitrogens with zero attached hydrogens (tertiary/aromatic N) is 2. The SMILES string of the molecule is CNC1=C(C(=N)c2cnc3[nH]cc(C(=O)NC(C)C)c3n2)CCC(C)(C)C1. The second-order valence-corrected chi connectivity index (χ2v) is 8.21. The Kier molecular flexibility index (Phi) is 5.04. The average molecular weight is 368 g/mol. The molecule has 27 heavy (non-hydrogen) atoms. The normalized spacial score (nSPS) is 16.7. The van der Waals surface area contributed by atoms with Crippen LogP contribution in [0.25, 0.3) is 11.2 Å². The molecule has 144 valence electrons. The Morgan fingerprint density at radius 1 is 1.37 bits per heavy atom. The lowest BCUT2D eigenvalue weighted by atomic mass is 9.75. The van der Waals surface area contributed by atoms with Crippen molar-refractivity contribution in [1.29, 1.82) is 5.41 Å². The van der Waals surface area contributed by atoms with Crippen molar-refractivity contribution in [1.82, 2.24) is 25.6 Å². The number of hydrogen-bond acceptors (Lipinski definition) is 5. The fourth-order valence-electron chi connectivity index (χ4n) is 3.48. The number of carbonyl (C=O) groups excluding carboxylic acids is 1. The average Bonchev–Trinajstić information content (AvgIpc) is 3.03. The number of nitrogens with one attached hydrogen (secondary N) is 4. The standard InChI is InChI=1S/C20H28N6O/c1-11(2)25-19(27)13-9-23-18-17(13)26-15(10-24-18)16(21)12-6-7-20(3,4)8-14(12)22-5/h9-11,21-22H,6-8H2,1-5H3,(H,23,24)(H,25,27). The zero-order valence-electron chi connectivity index (χ0n) is 16.7.